The summed E-state index contributed by atoms with van der Waals surface area (Å²) in [5, 5.41) is 20.6. The number of methoxy groups -OCH3 is 1. The number of nitrogens with zero attached hydrogens (tertiary/aromatic N) is 2. The van der Waals surface area contributed by atoms with Crippen LogP contribution in [0.1, 0.15) is 29.7 Å². The van der Waals surface area contributed by atoms with Crippen molar-refractivity contribution >= 4 is 29.5 Å². The number of aryl methyl sites for hydroxylation is 2. The number of rotatable bonds is 4. The normalized spacial score (nSPS) is 17.6. The predicted molar refractivity (Wildman–Crippen MR) is 129 cm³/mol. The molecular weight excluding hydrogens is 462 g/mol. The van der Waals surface area contributed by atoms with E-state index < -0.39 is 23.2 Å². The van der Waals surface area contributed by atoms with Crippen molar-refractivity contribution in [2.75, 3.05) is 20.2 Å². The number of benzene rings is 1. The molecule has 1 aliphatic heterocycles. The molecule has 34 heavy (non-hydrogen) atoms. The molecule has 182 valence electrons. The van der Waals surface area contributed by atoms with Crippen LogP contribution in [-0.4, -0.2) is 57.1 Å². The fourth-order valence-corrected chi connectivity index (χ4v) is 5.16. The van der Waals surface area contributed by atoms with Gasteiger partial charge in [-0.3, -0.25) is 9.69 Å². The fourth-order valence-electron chi connectivity index (χ4n) is 5.16. The van der Waals surface area contributed by atoms with E-state index in [0.29, 0.717) is 17.7 Å². The van der Waals surface area contributed by atoms with Crippen molar-refractivity contribution in [3.63, 3.8) is 0 Å². The van der Waals surface area contributed by atoms with Gasteiger partial charge in [-0.05, 0) is 49.4 Å². The summed E-state index contributed by atoms with van der Waals surface area (Å²) >= 11 is 0. The topological polar surface area (TPSA) is 117 Å². The Morgan fingerprint density at radius 3 is 2.76 bits per heavy atom. The number of halogens is 1. The molecule has 2 aromatic heterocycles. The minimum Gasteiger partial charge on any atom is -0.504 e. The van der Waals surface area contributed by atoms with E-state index >= 15 is 0 Å². The number of carboxylic acid groups (broad SMARTS) is 1. The number of aromatic hydroxyl groups is 1. The van der Waals surface area contributed by atoms with E-state index in [1.807, 2.05) is 6.07 Å². The van der Waals surface area contributed by atoms with Gasteiger partial charge in [0, 0.05) is 61.5 Å². The van der Waals surface area contributed by atoms with Crippen LogP contribution in [0.5, 0.6) is 11.5 Å². The Morgan fingerprint density at radius 2 is 2.06 bits per heavy atom. The number of fused-ring (bicyclic) bond motifs is 4. The van der Waals surface area contributed by atoms with Crippen molar-refractivity contribution < 1.29 is 24.5 Å². The van der Waals surface area contributed by atoms with E-state index in [2.05, 4.69) is 38.4 Å². The van der Waals surface area contributed by atoms with Crippen molar-refractivity contribution in [3.05, 3.63) is 45.4 Å². The monoisotopic (exact) mass is 489 g/mol. The molecule has 1 fully saturated rings. The summed E-state index contributed by atoms with van der Waals surface area (Å²) in [7, 11) is 3.83. The number of aromatic nitrogens is 2. The van der Waals surface area contributed by atoms with E-state index in [4.69, 9.17) is 9.84 Å². The molecule has 0 bridgehead atoms. The summed E-state index contributed by atoms with van der Waals surface area (Å²) in [6, 6.07) is 6.37. The molecule has 1 saturated heterocycles. The maximum Gasteiger partial charge on any atom is 0.511 e. The van der Waals surface area contributed by atoms with Crippen LogP contribution in [0.4, 0.5) is 4.79 Å². The molecule has 3 heterocycles. The number of hydrogen-bond donors (Lipinski definition) is 3. The van der Waals surface area contributed by atoms with Crippen molar-refractivity contribution in [2.24, 2.45) is 7.05 Å². The summed E-state index contributed by atoms with van der Waals surface area (Å²) in [5.74, 6) is -0.979. The van der Waals surface area contributed by atoms with E-state index in [1.165, 1.54) is 5.69 Å². The SMILES string of the molecule is COC1CCN(Cc2cc3cc4c(cc3n2C)CCCc2c-4[nH]c(=O)c(OC(=O)O)c2O)C1.Cl. The lowest BCUT2D eigenvalue weighted by Crippen LogP contribution is -2.23. The third-order valence-corrected chi connectivity index (χ3v) is 6.89. The van der Waals surface area contributed by atoms with Gasteiger partial charge < -0.3 is 29.2 Å². The Kier molecular flexibility index (Phi) is 6.62. The zero-order chi connectivity index (χ0) is 23.3. The Hall–Kier alpha value is -3.01. The second-order valence-electron chi connectivity index (χ2n) is 8.85. The zero-order valence-electron chi connectivity index (χ0n) is 19.1. The molecule has 10 heteroatoms. The maximum atomic E-state index is 12.5. The highest BCUT2D eigenvalue weighted by Gasteiger charge is 2.26. The van der Waals surface area contributed by atoms with Gasteiger partial charge in [-0.1, -0.05) is 0 Å². The highest BCUT2D eigenvalue weighted by atomic mass is 35.5. The maximum absolute atomic E-state index is 12.5. The average Bonchev–Trinajstić information content (AvgIpc) is 3.30. The highest BCUT2D eigenvalue weighted by Crippen LogP contribution is 2.40. The Balaban J connectivity index is 0.00000274. The Morgan fingerprint density at radius 1 is 1.26 bits per heavy atom. The molecule has 5 rings (SSSR count). The smallest absolute Gasteiger partial charge is 0.504 e. The van der Waals surface area contributed by atoms with Gasteiger partial charge in [0.25, 0.3) is 5.56 Å². The summed E-state index contributed by atoms with van der Waals surface area (Å²) < 4.78 is 12.2. The van der Waals surface area contributed by atoms with Crippen LogP contribution in [0.25, 0.3) is 22.2 Å². The number of nitrogens with one attached hydrogen (secondary N) is 1. The number of hydrogen-bond acceptors (Lipinski definition) is 6. The van der Waals surface area contributed by atoms with Gasteiger partial charge in [-0.2, -0.15) is 0 Å². The first-order chi connectivity index (χ1) is 15.9. The second-order valence-corrected chi connectivity index (χ2v) is 8.85. The second kappa shape index (κ2) is 9.32. The van der Waals surface area contributed by atoms with E-state index in [0.717, 1.165) is 60.9 Å². The first-order valence-corrected chi connectivity index (χ1v) is 11.1. The molecule has 1 atom stereocenters. The van der Waals surface area contributed by atoms with Crippen LogP contribution >= 0.6 is 12.4 Å². The minimum atomic E-state index is -1.64. The first kappa shape index (κ1) is 24.1. The molecule has 1 aromatic carbocycles. The van der Waals surface area contributed by atoms with Crippen LogP contribution < -0.4 is 10.3 Å². The largest absolute Gasteiger partial charge is 0.511 e. The van der Waals surface area contributed by atoms with Gasteiger partial charge >= 0.3 is 6.16 Å². The molecule has 1 aliphatic carbocycles. The van der Waals surface area contributed by atoms with Crippen molar-refractivity contribution in [1.29, 1.82) is 0 Å². The fraction of sp³-hybridized carbons (Fsp3) is 0.417. The summed E-state index contributed by atoms with van der Waals surface area (Å²) in [6.45, 7) is 2.76. The molecular formula is C24H28ClN3O6. The van der Waals surface area contributed by atoms with Crippen LogP contribution in [-0.2, 0) is 31.2 Å². The standard InChI is InChI=1S/C24H27N3O6.ClH/c1-26-15(11-27-7-6-16(12-27)32-2)8-14-9-18-13(10-19(14)26)4-3-5-17-20(18)25-23(29)22(21(17)28)33-24(30)31;/h8-10,16H,3-7,11-12H2,1-2H3,(H,30,31)(H2,25,28,29);1H. The summed E-state index contributed by atoms with van der Waals surface area (Å²) in [6.07, 6.45) is 1.71. The van der Waals surface area contributed by atoms with Crippen molar-refractivity contribution in [3.8, 4) is 22.8 Å². The van der Waals surface area contributed by atoms with Gasteiger partial charge in [0.1, 0.15) is 0 Å². The molecule has 3 aromatic rings. The Bertz CT molecular complexity index is 1310. The lowest BCUT2D eigenvalue weighted by atomic mass is 9.99. The van der Waals surface area contributed by atoms with Gasteiger partial charge in [-0.15, -0.1) is 12.4 Å². The van der Waals surface area contributed by atoms with Gasteiger partial charge in [-0.25, -0.2) is 4.79 Å². The van der Waals surface area contributed by atoms with Crippen LogP contribution in [0.15, 0.2) is 23.0 Å². The van der Waals surface area contributed by atoms with Crippen LogP contribution in [0.3, 0.4) is 0 Å². The molecule has 1 unspecified atom stereocenters. The summed E-state index contributed by atoms with van der Waals surface area (Å²) in [5.41, 5.74) is 4.51. The number of ether oxygens (including phenoxy) is 2. The quantitative estimate of drug-likeness (QED) is 0.480. The average molecular weight is 490 g/mol. The van der Waals surface area contributed by atoms with E-state index in [-0.39, 0.29) is 18.5 Å². The highest BCUT2D eigenvalue weighted by molar-refractivity contribution is 5.89. The molecule has 0 radical (unpaired) electrons. The third kappa shape index (κ3) is 4.15. The van der Waals surface area contributed by atoms with Crippen LogP contribution in [0, 0.1) is 0 Å². The molecule has 0 saturated carbocycles. The van der Waals surface area contributed by atoms with E-state index in [1.54, 1.807) is 7.11 Å². The number of likely N-dealkylation sites (tertiary alicyclic amines) is 1. The van der Waals surface area contributed by atoms with Crippen molar-refractivity contribution in [2.45, 2.75) is 38.3 Å². The lowest BCUT2D eigenvalue weighted by Gasteiger charge is -2.16. The van der Waals surface area contributed by atoms with Gasteiger partial charge in [0.15, 0.2) is 5.75 Å². The molecule has 2 aliphatic rings. The Labute approximate surface area is 202 Å². The molecule has 0 spiro atoms. The number of pyridine rings is 1. The number of aromatic amines is 1. The van der Waals surface area contributed by atoms with Gasteiger partial charge in [0.2, 0.25) is 5.75 Å². The van der Waals surface area contributed by atoms with E-state index in [9.17, 15) is 14.7 Å². The third-order valence-electron chi connectivity index (χ3n) is 6.89. The predicted octanol–water partition coefficient (Wildman–Crippen LogP) is 3.43. The lowest BCUT2D eigenvalue weighted by molar-refractivity contribution is 0.107. The molecule has 9 nitrogen and oxygen atoms in total. The number of carbonyl (C=O) groups is 1. The minimum absolute atomic E-state index is 0. The van der Waals surface area contributed by atoms with Gasteiger partial charge in [0.05, 0.1) is 11.8 Å². The zero-order valence-corrected chi connectivity index (χ0v) is 19.9. The molecule has 3 N–H and O–H groups in total. The van der Waals surface area contributed by atoms with Crippen LogP contribution in [0.2, 0.25) is 0 Å². The molecule has 0 amide bonds. The first-order valence-electron chi connectivity index (χ1n) is 11.1. The van der Waals surface area contributed by atoms with Crippen molar-refractivity contribution in [1.82, 2.24) is 14.5 Å². The summed E-state index contributed by atoms with van der Waals surface area (Å²) in [4.78, 5) is 28.6. The number of H-pyrrole nitrogens is 1.